The van der Waals surface area contributed by atoms with Gasteiger partial charge in [0.25, 0.3) is 0 Å². The molecule has 4 heterocycles. The number of thiophene rings is 1. The van der Waals surface area contributed by atoms with Crippen molar-refractivity contribution in [3.8, 4) is 5.69 Å². The van der Waals surface area contributed by atoms with E-state index in [4.69, 9.17) is 5.10 Å². The number of likely N-dealkylation sites (tertiary alicyclic amines) is 1. The third-order valence-corrected chi connectivity index (χ3v) is 9.26. The Labute approximate surface area is 221 Å². The highest BCUT2D eigenvalue weighted by molar-refractivity contribution is 8.00. The van der Waals surface area contributed by atoms with Gasteiger partial charge in [-0.25, -0.2) is 4.68 Å². The van der Waals surface area contributed by atoms with Gasteiger partial charge in [-0.05, 0) is 49.8 Å². The van der Waals surface area contributed by atoms with Crippen molar-refractivity contribution in [1.29, 1.82) is 0 Å². The van der Waals surface area contributed by atoms with Crippen LogP contribution in [-0.2, 0) is 15.0 Å². The number of carbonyl (C=O) groups is 2. The number of fused-ring (bicyclic) bond motifs is 1. The summed E-state index contributed by atoms with van der Waals surface area (Å²) in [6.45, 7) is 12.3. The number of hydrogen-bond donors (Lipinski definition) is 0. The molecule has 5 rings (SSSR count). The summed E-state index contributed by atoms with van der Waals surface area (Å²) in [5.74, 6) is 1.03. The molecule has 2 aliphatic heterocycles. The van der Waals surface area contributed by atoms with Gasteiger partial charge in [0.2, 0.25) is 11.8 Å². The van der Waals surface area contributed by atoms with Crippen molar-refractivity contribution in [2.24, 2.45) is 0 Å². The fourth-order valence-electron chi connectivity index (χ4n) is 5.15. The highest BCUT2D eigenvalue weighted by Crippen LogP contribution is 2.49. The predicted octanol–water partition coefficient (Wildman–Crippen LogP) is 5.64. The Kier molecular flexibility index (Phi) is 6.76. The molecule has 0 N–H and O–H groups in total. The summed E-state index contributed by atoms with van der Waals surface area (Å²) in [6, 6.07) is 10.5. The first kappa shape index (κ1) is 25.1. The van der Waals surface area contributed by atoms with Gasteiger partial charge in [0, 0.05) is 28.9 Å². The minimum absolute atomic E-state index is 0.0112. The summed E-state index contributed by atoms with van der Waals surface area (Å²) in [5, 5.41) is 7.27. The predicted molar refractivity (Wildman–Crippen MR) is 149 cm³/mol. The zero-order chi connectivity index (χ0) is 25.6. The number of thioether (sulfide) groups is 1. The zero-order valence-corrected chi connectivity index (χ0v) is 23.3. The maximum absolute atomic E-state index is 13.7. The molecule has 36 heavy (non-hydrogen) atoms. The summed E-state index contributed by atoms with van der Waals surface area (Å²) in [7, 11) is 0. The second kappa shape index (κ2) is 9.71. The average Bonchev–Trinajstić information content (AvgIpc) is 3.57. The molecule has 1 fully saturated rings. The van der Waals surface area contributed by atoms with Crippen LogP contribution in [-0.4, -0.2) is 51.9 Å². The minimum atomic E-state index is -0.248. The van der Waals surface area contributed by atoms with Gasteiger partial charge in [0.05, 0.1) is 22.4 Å². The molecule has 2 amide bonds. The normalized spacial score (nSPS) is 18.5. The van der Waals surface area contributed by atoms with Crippen molar-refractivity contribution < 1.29 is 9.59 Å². The lowest BCUT2D eigenvalue weighted by Gasteiger charge is -2.26. The highest BCUT2D eigenvalue weighted by Gasteiger charge is 2.40. The lowest BCUT2D eigenvalue weighted by molar-refractivity contribution is -0.130. The Balaban J connectivity index is 1.76. The summed E-state index contributed by atoms with van der Waals surface area (Å²) in [6.07, 6.45) is 2.05. The van der Waals surface area contributed by atoms with Gasteiger partial charge in [-0.1, -0.05) is 44.5 Å². The quantitative estimate of drug-likeness (QED) is 0.445. The first-order valence-electron chi connectivity index (χ1n) is 12.6. The molecule has 0 bridgehead atoms. The molecular formula is C28H34N4O2S2. The van der Waals surface area contributed by atoms with Crippen molar-refractivity contribution in [3.05, 3.63) is 63.0 Å². The van der Waals surface area contributed by atoms with Gasteiger partial charge in [0.1, 0.15) is 12.4 Å². The van der Waals surface area contributed by atoms with E-state index in [2.05, 4.69) is 70.3 Å². The Hall–Kier alpha value is -2.58. The van der Waals surface area contributed by atoms with Crippen LogP contribution in [0, 0.1) is 13.8 Å². The van der Waals surface area contributed by atoms with Crippen LogP contribution in [0.4, 0.5) is 5.82 Å². The summed E-state index contributed by atoms with van der Waals surface area (Å²) >= 11 is 3.35. The Morgan fingerprint density at radius 1 is 1.14 bits per heavy atom. The third kappa shape index (κ3) is 4.61. The molecule has 0 saturated carbocycles. The highest BCUT2D eigenvalue weighted by atomic mass is 32.2. The monoisotopic (exact) mass is 522 g/mol. The fraction of sp³-hybridized carbons (Fsp3) is 0.464. The number of amides is 2. The standard InChI is InChI=1S/C28H34N4O2S2/c1-18-10-11-20(19(2)15-18)32-27-24(26(29-32)28(3,4)5)25(21-9-8-14-35-21)36-17-23(34)31(27)16-22(33)30-12-6-7-13-30/h8-11,14-15,25H,6-7,12-13,16-17H2,1-5H3/t25-/m0/s1. The Bertz CT molecular complexity index is 1280. The molecule has 6 nitrogen and oxygen atoms in total. The van der Waals surface area contributed by atoms with E-state index in [1.54, 1.807) is 28.0 Å². The van der Waals surface area contributed by atoms with Gasteiger partial charge in [-0.2, -0.15) is 5.10 Å². The number of aromatic nitrogens is 2. The first-order valence-corrected chi connectivity index (χ1v) is 14.5. The van der Waals surface area contributed by atoms with Crippen LogP contribution in [0.1, 0.15) is 66.1 Å². The zero-order valence-electron chi connectivity index (χ0n) is 21.7. The first-order chi connectivity index (χ1) is 17.1. The molecule has 2 aromatic heterocycles. The van der Waals surface area contributed by atoms with Crippen molar-refractivity contribution in [1.82, 2.24) is 14.7 Å². The van der Waals surface area contributed by atoms with Gasteiger partial charge < -0.3 is 4.90 Å². The molecule has 0 unspecified atom stereocenters. The van der Waals surface area contributed by atoms with Crippen molar-refractivity contribution in [3.63, 3.8) is 0 Å². The number of carbonyl (C=O) groups excluding carboxylic acids is 2. The maximum Gasteiger partial charge on any atom is 0.242 e. The van der Waals surface area contributed by atoms with Crippen LogP contribution in [0.3, 0.4) is 0 Å². The topological polar surface area (TPSA) is 58.4 Å². The number of nitrogens with zero attached hydrogens (tertiary/aromatic N) is 4. The van der Waals surface area contributed by atoms with Crippen molar-refractivity contribution >= 4 is 40.7 Å². The summed E-state index contributed by atoms with van der Waals surface area (Å²) < 4.78 is 1.94. The van der Waals surface area contributed by atoms with Crippen LogP contribution in [0.15, 0.2) is 35.7 Å². The lowest BCUT2D eigenvalue weighted by Crippen LogP contribution is -2.43. The molecule has 2 aliphatic rings. The maximum atomic E-state index is 13.7. The molecule has 0 spiro atoms. The number of rotatable bonds is 4. The molecule has 0 radical (unpaired) electrons. The lowest BCUT2D eigenvalue weighted by atomic mass is 9.88. The van der Waals surface area contributed by atoms with E-state index in [1.165, 1.54) is 10.4 Å². The van der Waals surface area contributed by atoms with Gasteiger partial charge in [0.15, 0.2) is 0 Å². The number of benzene rings is 1. The number of anilines is 1. The SMILES string of the molecule is Cc1ccc(-n2nc(C(C)(C)C)c3c2N(CC(=O)N2CCCC2)C(=O)CS[C@H]3c2cccs2)c(C)c1. The molecule has 0 aliphatic carbocycles. The van der Waals surface area contributed by atoms with E-state index in [1.807, 2.05) is 9.58 Å². The molecule has 1 atom stereocenters. The van der Waals surface area contributed by atoms with Crippen molar-refractivity contribution in [2.45, 2.75) is 58.1 Å². The second-order valence-electron chi connectivity index (χ2n) is 10.8. The van der Waals surface area contributed by atoms with Crippen molar-refractivity contribution in [2.75, 3.05) is 30.3 Å². The Morgan fingerprint density at radius 2 is 1.89 bits per heavy atom. The number of hydrogen-bond acceptors (Lipinski definition) is 5. The van der Waals surface area contributed by atoms with E-state index >= 15 is 0 Å². The van der Waals surface area contributed by atoms with Crippen LogP contribution >= 0.6 is 23.1 Å². The van der Waals surface area contributed by atoms with Crippen LogP contribution in [0.2, 0.25) is 0 Å². The second-order valence-corrected chi connectivity index (χ2v) is 12.9. The summed E-state index contributed by atoms with van der Waals surface area (Å²) in [4.78, 5) is 31.9. The van der Waals surface area contributed by atoms with Gasteiger partial charge in [-0.15, -0.1) is 23.1 Å². The van der Waals surface area contributed by atoms with Crippen LogP contribution < -0.4 is 4.90 Å². The molecular weight excluding hydrogens is 488 g/mol. The fourth-order valence-corrected chi connectivity index (χ4v) is 7.33. The van der Waals surface area contributed by atoms with E-state index in [-0.39, 0.29) is 29.0 Å². The third-order valence-electron chi connectivity index (χ3n) is 6.93. The molecule has 3 aromatic rings. The van der Waals surface area contributed by atoms with Gasteiger partial charge in [-0.3, -0.25) is 14.5 Å². The summed E-state index contributed by atoms with van der Waals surface area (Å²) in [5.41, 5.74) is 4.97. The average molecular weight is 523 g/mol. The van der Waals surface area contributed by atoms with E-state index in [9.17, 15) is 9.59 Å². The van der Waals surface area contributed by atoms with E-state index in [0.717, 1.165) is 54.3 Å². The molecule has 1 saturated heterocycles. The minimum Gasteiger partial charge on any atom is -0.341 e. The smallest absolute Gasteiger partial charge is 0.242 e. The van der Waals surface area contributed by atoms with Crippen LogP contribution in [0.25, 0.3) is 5.69 Å². The Morgan fingerprint density at radius 3 is 2.53 bits per heavy atom. The molecule has 190 valence electrons. The van der Waals surface area contributed by atoms with E-state index < -0.39 is 0 Å². The number of aryl methyl sites for hydroxylation is 2. The van der Waals surface area contributed by atoms with E-state index in [0.29, 0.717) is 5.75 Å². The van der Waals surface area contributed by atoms with Gasteiger partial charge >= 0.3 is 0 Å². The molecule has 1 aromatic carbocycles. The molecule has 8 heteroatoms. The largest absolute Gasteiger partial charge is 0.341 e. The van der Waals surface area contributed by atoms with Crippen LogP contribution in [0.5, 0.6) is 0 Å².